The van der Waals surface area contributed by atoms with E-state index in [-0.39, 0.29) is 6.03 Å². The summed E-state index contributed by atoms with van der Waals surface area (Å²) in [4.78, 5) is 14.2. The number of nitrogens with zero attached hydrogens (tertiary/aromatic N) is 1. The van der Waals surface area contributed by atoms with Crippen molar-refractivity contribution in [3.05, 3.63) is 65.7 Å². The molecule has 2 rings (SSSR count). The zero-order valence-electron chi connectivity index (χ0n) is 12.7. The Morgan fingerprint density at radius 1 is 1.00 bits per heavy atom. The fraction of sp³-hybridized carbons (Fsp3) is 0.278. The van der Waals surface area contributed by atoms with Gasteiger partial charge in [-0.25, -0.2) is 4.79 Å². The molecule has 0 radical (unpaired) electrons. The molecule has 0 fully saturated rings. The normalized spacial score (nSPS) is 10.2. The number of amides is 2. The van der Waals surface area contributed by atoms with Crippen LogP contribution >= 0.6 is 0 Å². The standard InChI is InChI=1S/C18H22N2O/c1-3-16-12-8-9-13-17(16)19-18(21)20(4-2)14-15-10-6-5-7-11-15/h5-13H,3-4,14H2,1-2H3,(H,19,21). The second-order valence-electron chi connectivity index (χ2n) is 4.94. The third-order valence-corrected chi connectivity index (χ3v) is 3.53. The molecule has 0 aliphatic rings. The fourth-order valence-corrected chi connectivity index (χ4v) is 2.28. The lowest BCUT2D eigenvalue weighted by atomic mass is 10.1. The molecule has 0 heterocycles. The molecule has 1 N–H and O–H groups in total. The summed E-state index contributed by atoms with van der Waals surface area (Å²) in [6.45, 7) is 5.38. The average molecular weight is 282 g/mol. The number of benzene rings is 2. The van der Waals surface area contributed by atoms with E-state index in [1.165, 1.54) is 0 Å². The third kappa shape index (κ3) is 4.09. The predicted molar refractivity (Wildman–Crippen MR) is 87.4 cm³/mol. The molecule has 3 heteroatoms. The van der Waals surface area contributed by atoms with E-state index in [1.807, 2.05) is 66.4 Å². The van der Waals surface area contributed by atoms with Crippen molar-refractivity contribution in [3.8, 4) is 0 Å². The largest absolute Gasteiger partial charge is 0.322 e. The van der Waals surface area contributed by atoms with Crippen molar-refractivity contribution in [3.63, 3.8) is 0 Å². The molecule has 0 aliphatic carbocycles. The first-order valence-corrected chi connectivity index (χ1v) is 7.42. The molecule has 3 nitrogen and oxygen atoms in total. The van der Waals surface area contributed by atoms with Crippen molar-refractivity contribution in [1.29, 1.82) is 0 Å². The van der Waals surface area contributed by atoms with Gasteiger partial charge in [-0.2, -0.15) is 0 Å². The number of urea groups is 1. The molecule has 21 heavy (non-hydrogen) atoms. The molecular weight excluding hydrogens is 260 g/mol. The Morgan fingerprint density at radius 3 is 2.33 bits per heavy atom. The van der Waals surface area contributed by atoms with Crippen LogP contribution in [0.3, 0.4) is 0 Å². The summed E-state index contributed by atoms with van der Waals surface area (Å²) in [6.07, 6.45) is 0.904. The number of carbonyl (C=O) groups excluding carboxylic acids is 1. The van der Waals surface area contributed by atoms with Gasteiger partial charge < -0.3 is 10.2 Å². The van der Waals surface area contributed by atoms with Gasteiger partial charge in [0.1, 0.15) is 0 Å². The summed E-state index contributed by atoms with van der Waals surface area (Å²) in [5.41, 5.74) is 3.19. The molecule has 0 saturated heterocycles. The smallest absolute Gasteiger partial charge is 0.320 e. The van der Waals surface area contributed by atoms with Gasteiger partial charge in [0.15, 0.2) is 0 Å². The van der Waals surface area contributed by atoms with E-state index in [0.29, 0.717) is 13.1 Å². The van der Waals surface area contributed by atoms with Crippen molar-refractivity contribution in [1.82, 2.24) is 4.90 Å². The Hall–Kier alpha value is -2.29. The Kier molecular flexibility index (Phi) is 5.38. The van der Waals surface area contributed by atoms with Gasteiger partial charge in [0.25, 0.3) is 0 Å². The maximum atomic E-state index is 12.4. The van der Waals surface area contributed by atoms with Gasteiger partial charge in [-0.15, -0.1) is 0 Å². The first-order chi connectivity index (χ1) is 10.2. The van der Waals surface area contributed by atoms with Gasteiger partial charge in [0, 0.05) is 18.8 Å². The number of carbonyl (C=O) groups is 1. The van der Waals surface area contributed by atoms with E-state index >= 15 is 0 Å². The van der Waals surface area contributed by atoms with Gasteiger partial charge in [-0.3, -0.25) is 0 Å². The van der Waals surface area contributed by atoms with Crippen LogP contribution in [0.1, 0.15) is 25.0 Å². The van der Waals surface area contributed by atoms with Gasteiger partial charge >= 0.3 is 6.03 Å². The van der Waals surface area contributed by atoms with Gasteiger partial charge in [-0.05, 0) is 30.5 Å². The van der Waals surface area contributed by atoms with Crippen molar-refractivity contribution in [2.75, 3.05) is 11.9 Å². The lowest BCUT2D eigenvalue weighted by Crippen LogP contribution is -2.34. The van der Waals surface area contributed by atoms with Crippen LogP contribution in [0.2, 0.25) is 0 Å². The summed E-state index contributed by atoms with van der Waals surface area (Å²) >= 11 is 0. The number of hydrogen-bond donors (Lipinski definition) is 1. The quantitative estimate of drug-likeness (QED) is 0.871. The third-order valence-electron chi connectivity index (χ3n) is 3.53. The van der Waals surface area contributed by atoms with Crippen LogP contribution in [-0.4, -0.2) is 17.5 Å². The van der Waals surface area contributed by atoms with Crippen molar-refractivity contribution in [2.24, 2.45) is 0 Å². The minimum absolute atomic E-state index is 0.0535. The van der Waals surface area contributed by atoms with Gasteiger partial charge in [-0.1, -0.05) is 55.5 Å². The van der Waals surface area contributed by atoms with E-state index in [9.17, 15) is 4.79 Å². The monoisotopic (exact) mass is 282 g/mol. The molecule has 110 valence electrons. The number of para-hydroxylation sites is 1. The summed E-state index contributed by atoms with van der Waals surface area (Å²) in [6, 6.07) is 17.9. The van der Waals surface area contributed by atoms with Crippen molar-refractivity contribution >= 4 is 11.7 Å². The maximum Gasteiger partial charge on any atom is 0.322 e. The summed E-state index contributed by atoms with van der Waals surface area (Å²) in [5.74, 6) is 0. The SMILES string of the molecule is CCc1ccccc1NC(=O)N(CC)Cc1ccccc1. The minimum Gasteiger partial charge on any atom is -0.320 e. The first-order valence-electron chi connectivity index (χ1n) is 7.42. The lowest BCUT2D eigenvalue weighted by Gasteiger charge is -2.22. The summed E-state index contributed by atoms with van der Waals surface area (Å²) in [5, 5.41) is 3.02. The highest BCUT2D eigenvalue weighted by atomic mass is 16.2. The van der Waals surface area contributed by atoms with Crippen molar-refractivity contribution < 1.29 is 4.79 Å². The van der Waals surface area contributed by atoms with E-state index in [1.54, 1.807) is 0 Å². The Bertz CT molecular complexity index is 581. The highest BCUT2D eigenvalue weighted by Crippen LogP contribution is 2.16. The molecule has 0 atom stereocenters. The van der Waals surface area contributed by atoms with E-state index < -0.39 is 0 Å². The van der Waals surface area contributed by atoms with Gasteiger partial charge in [0.05, 0.1) is 0 Å². The van der Waals surface area contributed by atoms with Crippen LogP contribution in [0.4, 0.5) is 10.5 Å². The van der Waals surface area contributed by atoms with E-state index in [0.717, 1.165) is 23.2 Å². The van der Waals surface area contributed by atoms with Crippen LogP contribution in [0.5, 0.6) is 0 Å². The van der Waals surface area contributed by atoms with Crippen LogP contribution in [0, 0.1) is 0 Å². The fourth-order valence-electron chi connectivity index (χ4n) is 2.28. The molecule has 0 bridgehead atoms. The number of aryl methyl sites for hydroxylation is 1. The second kappa shape index (κ2) is 7.48. The molecule has 0 aromatic heterocycles. The van der Waals surface area contributed by atoms with Crippen LogP contribution in [0.25, 0.3) is 0 Å². The molecular formula is C18H22N2O. The Labute approximate surface area is 126 Å². The highest BCUT2D eigenvalue weighted by Gasteiger charge is 2.13. The molecule has 0 unspecified atom stereocenters. The number of rotatable bonds is 5. The minimum atomic E-state index is -0.0535. The maximum absolute atomic E-state index is 12.4. The number of nitrogens with one attached hydrogen (secondary N) is 1. The lowest BCUT2D eigenvalue weighted by molar-refractivity contribution is 0.212. The molecule has 0 spiro atoms. The topological polar surface area (TPSA) is 32.3 Å². The zero-order valence-corrected chi connectivity index (χ0v) is 12.7. The molecule has 0 saturated carbocycles. The summed E-state index contributed by atoms with van der Waals surface area (Å²) < 4.78 is 0. The van der Waals surface area contributed by atoms with Crippen LogP contribution in [0.15, 0.2) is 54.6 Å². The van der Waals surface area contributed by atoms with Gasteiger partial charge in [0.2, 0.25) is 0 Å². The summed E-state index contributed by atoms with van der Waals surface area (Å²) in [7, 11) is 0. The molecule has 2 aromatic rings. The van der Waals surface area contributed by atoms with E-state index in [2.05, 4.69) is 12.2 Å². The predicted octanol–water partition coefficient (Wildman–Crippen LogP) is 4.30. The number of anilines is 1. The molecule has 2 aromatic carbocycles. The first kappa shape index (κ1) is 15.1. The molecule has 0 aliphatic heterocycles. The Morgan fingerprint density at radius 2 is 1.67 bits per heavy atom. The van der Waals surface area contributed by atoms with Crippen LogP contribution < -0.4 is 5.32 Å². The van der Waals surface area contributed by atoms with Crippen LogP contribution in [-0.2, 0) is 13.0 Å². The zero-order chi connectivity index (χ0) is 15.1. The second-order valence-corrected chi connectivity index (χ2v) is 4.94. The average Bonchev–Trinajstić information content (AvgIpc) is 2.54. The Balaban J connectivity index is 2.06. The van der Waals surface area contributed by atoms with Crippen molar-refractivity contribution in [2.45, 2.75) is 26.8 Å². The molecule has 2 amide bonds. The highest BCUT2D eigenvalue weighted by molar-refractivity contribution is 5.90. The number of hydrogen-bond acceptors (Lipinski definition) is 1. The van der Waals surface area contributed by atoms with E-state index in [4.69, 9.17) is 0 Å².